The molecule has 66 valence electrons. The Morgan fingerprint density at radius 1 is 1.55 bits per heavy atom. The summed E-state index contributed by atoms with van der Waals surface area (Å²) in [7, 11) is 0. The number of hydrogen-bond donors (Lipinski definition) is 1. The third-order valence-electron chi connectivity index (χ3n) is 1.02. The standard InChI is InChI=1S/C7H14ClNO2/c1-5(2)3-11-4-6(8)7(9)10/h5-6H,3-4H2,1-2H3,(H2,9,10). The average molecular weight is 180 g/mol. The van der Waals surface area contributed by atoms with Gasteiger partial charge in [-0.25, -0.2) is 0 Å². The maximum atomic E-state index is 10.4. The summed E-state index contributed by atoms with van der Waals surface area (Å²) in [6.07, 6.45) is 0. The van der Waals surface area contributed by atoms with Crippen molar-refractivity contribution in [2.45, 2.75) is 19.2 Å². The van der Waals surface area contributed by atoms with Crippen LogP contribution >= 0.6 is 11.6 Å². The summed E-state index contributed by atoms with van der Waals surface area (Å²) >= 11 is 5.50. The highest BCUT2D eigenvalue weighted by Gasteiger charge is 2.10. The Balaban J connectivity index is 3.31. The number of ether oxygens (including phenoxy) is 1. The van der Waals surface area contributed by atoms with Gasteiger partial charge < -0.3 is 10.5 Å². The minimum absolute atomic E-state index is 0.203. The second-order valence-electron chi connectivity index (χ2n) is 2.80. The number of carbonyl (C=O) groups is 1. The maximum Gasteiger partial charge on any atom is 0.237 e. The fourth-order valence-corrected chi connectivity index (χ4v) is 0.578. The van der Waals surface area contributed by atoms with Crippen LogP contribution in [0.2, 0.25) is 0 Å². The van der Waals surface area contributed by atoms with Gasteiger partial charge in [-0.2, -0.15) is 0 Å². The van der Waals surface area contributed by atoms with Gasteiger partial charge in [0.2, 0.25) is 5.91 Å². The summed E-state index contributed by atoms with van der Waals surface area (Å²) in [6, 6.07) is 0. The van der Waals surface area contributed by atoms with Gasteiger partial charge in [0.25, 0.3) is 0 Å². The van der Waals surface area contributed by atoms with Gasteiger partial charge in [0.15, 0.2) is 0 Å². The first-order chi connectivity index (χ1) is 5.04. The van der Waals surface area contributed by atoms with Crippen LogP contribution in [0.5, 0.6) is 0 Å². The molecule has 0 aliphatic carbocycles. The van der Waals surface area contributed by atoms with E-state index in [0.717, 1.165) is 0 Å². The summed E-state index contributed by atoms with van der Waals surface area (Å²) in [5.74, 6) is -0.0813. The number of halogens is 1. The molecule has 3 nitrogen and oxygen atoms in total. The van der Waals surface area contributed by atoms with E-state index in [9.17, 15) is 4.79 Å². The largest absolute Gasteiger partial charge is 0.379 e. The van der Waals surface area contributed by atoms with Crippen molar-refractivity contribution in [3.05, 3.63) is 0 Å². The van der Waals surface area contributed by atoms with Crippen LogP contribution in [0.15, 0.2) is 0 Å². The number of nitrogens with two attached hydrogens (primary N) is 1. The van der Waals surface area contributed by atoms with Crippen molar-refractivity contribution in [3.8, 4) is 0 Å². The summed E-state index contributed by atoms with van der Waals surface area (Å²) in [5.41, 5.74) is 4.90. The minimum atomic E-state index is -0.700. The third-order valence-corrected chi connectivity index (χ3v) is 1.37. The highest BCUT2D eigenvalue weighted by molar-refractivity contribution is 6.30. The van der Waals surface area contributed by atoms with E-state index < -0.39 is 11.3 Å². The predicted molar refractivity (Wildman–Crippen MR) is 44.5 cm³/mol. The van der Waals surface area contributed by atoms with Crippen LogP contribution in [-0.4, -0.2) is 24.5 Å². The number of amides is 1. The molecular weight excluding hydrogens is 166 g/mol. The molecule has 0 aromatic heterocycles. The Kier molecular flexibility index (Phi) is 5.24. The first kappa shape index (κ1) is 10.7. The highest BCUT2D eigenvalue weighted by atomic mass is 35.5. The lowest BCUT2D eigenvalue weighted by molar-refractivity contribution is -0.118. The van der Waals surface area contributed by atoms with E-state index in [1.54, 1.807) is 0 Å². The Morgan fingerprint density at radius 3 is 2.45 bits per heavy atom. The van der Waals surface area contributed by atoms with Crippen LogP contribution in [0.1, 0.15) is 13.8 Å². The fraction of sp³-hybridized carbons (Fsp3) is 0.857. The summed E-state index contributed by atoms with van der Waals surface area (Å²) in [4.78, 5) is 10.4. The monoisotopic (exact) mass is 179 g/mol. The molecule has 1 unspecified atom stereocenters. The van der Waals surface area contributed by atoms with Gasteiger partial charge in [0.05, 0.1) is 6.61 Å². The molecule has 0 aliphatic heterocycles. The van der Waals surface area contributed by atoms with E-state index in [4.69, 9.17) is 22.1 Å². The SMILES string of the molecule is CC(C)COCC(Cl)C(N)=O. The molecule has 1 amide bonds. The second kappa shape index (κ2) is 5.38. The van der Waals surface area contributed by atoms with Crippen LogP contribution < -0.4 is 5.73 Å². The van der Waals surface area contributed by atoms with E-state index in [2.05, 4.69) is 0 Å². The Bertz CT molecular complexity index is 128. The molecule has 0 fully saturated rings. The van der Waals surface area contributed by atoms with Gasteiger partial charge >= 0.3 is 0 Å². The van der Waals surface area contributed by atoms with Gasteiger partial charge in [-0.3, -0.25) is 4.79 Å². The van der Waals surface area contributed by atoms with Gasteiger partial charge in [-0.15, -0.1) is 11.6 Å². The minimum Gasteiger partial charge on any atom is -0.379 e. The van der Waals surface area contributed by atoms with Crippen LogP contribution in [0.25, 0.3) is 0 Å². The quantitative estimate of drug-likeness (QED) is 0.634. The number of rotatable bonds is 5. The molecular formula is C7H14ClNO2. The topological polar surface area (TPSA) is 52.3 Å². The molecule has 0 aromatic rings. The van der Waals surface area contributed by atoms with E-state index >= 15 is 0 Å². The summed E-state index contributed by atoms with van der Waals surface area (Å²) in [6.45, 7) is 4.85. The first-order valence-corrected chi connectivity index (χ1v) is 3.98. The van der Waals surface area contributed by atoms with Crippen LogP contribution in [-0.2, 0) is 9.53 Å². The van der Waals surface area contributed by atoms with Crippen molar-refractivity contribution < 1.29 is 9.53 Å². The molecule has 0 bridgehead atoms. The van der Waals surface area contributed by atoms with Crippen LogP contribution in [0.3, 0.4) is 0 Å². The molecule has 0 radical (unpaired) electrons. The Labute approximate surface area is 71.8 Å². The van der Waals surface area contributed by atoms with Crippen molar-refractivity contribution in [1.29, 1.82) is 0 Å². The second-order valence-corrected chi connectivity index (χ2v) is 3.33. The van der Waals surface area contributed by atoms with Crippen LogP contribution in [0, 0.1) is 5.92 Å². The zero-order valence-electron chi connectivity index (χ0n) is 6.84. The van der Waals surface area contributed by atoms with E-state index in [0.29, 0.717) is 12.5 Å². The Hall–Kier alpha value is -0.280. The summed E-state index contributed by atoms with van der Waals surface area (Å²) < 4.78 is 5.09. The fourth-order valence-electron chi connectivity index (χ4n) is 0.489. The normalized spacial score (nSPS) is 13.5. The number of primary amides is 1. The van der Waals surface area contributed by atoms with E-state index in [1.807, 2.05) is 13.8 Å². The third kappa shape index (κ3) is 6.13. The lowest BCUT2D eigenvalue weighted by Gasteiger charge is -2.08. The lowest BCUT2D eigenvalue weighted by Crippen LogP contribution is -2.28. The van der Waals surface area contributed by atoms with E-state index in [-0.39, 0.29) is 6.61 Å². The molecule has 0 aliphatic rings. The highest BCUT2D eigenvalue weighted by Crippen LogP contribution is 1.98. The predicted octanol–water partition coefficient (Wildman–Crippen LogP) is 0.752. The van der Waals surface area contributed by atoms with E-state index in [1.165, 1.54) is 0 Å². The van der Waals surface area contributed by atoms with Gasteiger partial charge in [-0.1, -0.05) is 13.8 Å². The van der Waals surface area contributed by atoms with Crippen LogP contribution in [0.4, 0.5) is 0 Å². The molecule has 0 saturated carbocycles. The zero-order chi connectivity index (χ0) is 8.85. The Morgan fingerprint density at radius 2 is 2.09 bits per heavy atom. The van der Waals surface area contributed by atoms with Crippen molar-refractivity contribution in [2.75, 3.05) is 13.2 Å². The van der Waals surface area contributed by atoms with Crippen molar-refractivity contribution in [2.24, 2.45) is 11.7 Å². The molecule has 4 heteroatoms. The average Bonchev–Trinajstić information content (AvgIpc) is 1.86. The van der Waals surface area contributed by atoms with Crippen molar-refractivity contribution in [3.63, 3.8) is 0 Å². The smallest absolute Gasteiger partial charge is 0.237 e. The lowest BCUT2D eigenvalue weighted by atomic mass is 10.2. The molecule has 0 rings (SSSR count). The van der Waals surface area contributed by atoms with Crippen molar-refractivity contribution >= 4 is 17.5 Å². The molecule has 0 saturated heterocycles. The molecule has 0 spiro atoms. The van der Waals surface area contributed by atoms with Gasteiger partial charge in [-0.05, 0) is 5.92 Å². The molecule has 0 aromatic carbocycles. The van der Waals surface area contributed by atoms with Crippen molar-refractivity contribution in [1.82, 2.24) is 0 Å². The zero-order valence-corrected chi connectivity index (χ0v) is 7.60. The summed E-state index contributed by atoms with van der Waals surface area (Å²) in [5, 5.41) is -0.700. The molecule has 11 heavy (non-hydrogen) atoms. The van der Waals surface area contributed by atoms with Gasteiger partial charge in [0, 0.05) is 6.61 Å². The number of hydrogen-bond acceptors (Lipinski definition) is 2. The molecule has 0 heterocycles. The maximum absolute atomic E-state index is 10.4. The molecule has 2 N–H and O–H groups in total. The molecule has 1 atom stereocenters. The van der Waals surface area contributed by atoms with Gasteiger partial charge in [0.1, 0.15) is 5.38 Å². The number of alkyl halides is 1. The first-order valence-electron chi connectivity index (χ1n) is 3.55. The number of carbonyl (C=O) groups excluding carboxylic acids is 1.